The van der Waals surface area contributed by atoms with E-state index in [1.54, 1.807) is 0 Å². The van der Waals surface area contributed by atoms with Crippen molar-refractivity contribution in [3.8, 4) is 0 Å². The summed E-state index contributed by atoms with van der Waals surface area (Å²) in [5, 5.41) is 9.03. The van der Waals surface area contributed by atoms with Gasteiger partial charge in [0.2, 0.25) is 0 Å². The van der Waals surface area contributed by atoms with Crippen LogP contribution >= 0.6 is 0 Å². The molecule has 0 aromatic carbocycles. The molecule has 0 aromatic heterocycles. The third kappa shape index (κ3) is 1.67. The van der Waals surface area contributed by atoms with Gasteiger partial charge in [-0.3, -0.25) is 9.69 Å². The minimum Gasteiger partial charge on any atom is -0.481 e. The van der Waals surface area contributed by atoms with Gasteiger partial charge in [0, 0.05) is 12.6 Å². The van der Waals surface area contributed by atoms with Crippen LogP contribution < -0.4 is 0 Å². The Morgan fingerprint density at radius 1 is 1.27 bits per heavy atom. The van der Waals surface area contributed by atoms with Gasteiger partial charge in [0.25, 0.3) is 0 Å². The van der Waals surface area contributed by atoms with E-state index in [-0.39, 0.29) is 5.92 Å². The van der Waals surface area contributed by atoms with Crippen molar-refractivity contribution in [3.05, 3.63) is 0 Å². The highest BCUT2D eigenvalue weighted by molar-refractivity contribution is 5.70. The first-order valence-electron chi connectivity index (χ1n) is 6.15. The fourth-order valence-corrected chi connectivity index (χ4v) is 3.51. The van der Waals surface area contributed by atoms with Gasteiger partial charge in [-0.05, 0) is 50.5 Å². The Morgan fingerprint density at radius 2 is 2.07 bits per heavy atom. The van der Waals surface area contributed by atoms with E-state index < -0.39 is 5.97 Å². The van der Waals surface area contributed by atoms with E-state index in [4.69, 9.17) is 5.11 Å². The van der Waals surface area contributed by atoms with Crippen LogP contribution in [0.1, 0.15) is 38.5 Å². The molecule has 0 unspecified atom stereocenters. The van der Waals surface area contributed by atoms with Crippen LogP contribution in [0.5, 0.6) is 0 Å². The van der Waals surface area contributed by atoms with E-state index in [2.05, 4.69) is 4.90 Å². The molecule has 1 heterocycles. The molecule has 3 fully saturated rings. The van der Waals surface area contributed by atoms with Crippen LogP contribution in [-0.4, -0.2) is 35.1 Å². The van der Waals surface area contributed by atoms with E-state index in [0.29, 0.717) is 5.41 Å². The molecule has 3 heteroatoms. The van der Waals surface area contributed by atoms with Gasteiger partial charge >= 0.3 is 5.97 Å². The predicted octanol–water partition coefficient (Wildman–Crippen LogP) is 1.73. The van der Waals surface area contributed by atoms with Gasteiger partial charge in [-0.25, -0.2) is 0 Å². The predicted molar refractivity (Wildman–Crippen MR) is 56.6 cm³/mol. The van der Waals surface area contributed by atoms with Crippen molar-refractivity contribution in [3.63, 3.8) is 0 Å². The van der Waals surface area contributed by atoms with Crippen molar-refractivity contribution in [2.45, 2.75) is 44.6 Å². The van der Waals surface area contributed by atoms with Crippen molar-refractivity contribution in [2.75, 3.05) is 13.1 Å². The minimum absolute atomic E-state index is 0.0517. The maximum atomic E-state index is 11.0. The molecule has 2 aliphatic carbocycles. The van der Waals surface area contributed by atoms with E-state index in [0.717, 1.165) is 25.3 Å². The number of carbonyl (C=O) groups is 1. The molecule has 1 spiro atoms. The first kappa shape index (κ1) is 9.64. The number of likely N-dealkylation sites (tertiary alicyclic amines) is 1. The fourth-order valence-electron chi connectivity index (χ4n) is 3.51. The number of carboxylic acid groups (broad SMARTS) is 1. The summed E-state index contributed by atoms with van der Waals surface area (Å²) in [6.07, 6.45) is 6.98. The molecule has 2 saturated carbocycles. The second-order valence-electron chi connectivity index (χ2n) is 5.73. The van der Waals surface area contributed by atoms with Gasteiger partial charge in [-0.15, -0.1) is 0 Å². The molecule has 2 atom stereocenters. The lowest BCUT2D eigenvalue weighted by Gasteiger charge is -2.23. The van der Waals surface area contributed by atoms with E-state index in [1.807, 2.05) is 0 Å². The van der Waals surface area contributed by atoms with E-state index in [1.165, 1.54) is 32.4 Å². The number of carboxylic acids is 1. The Hall–Kier alpha value is -0.570. The summed E-state index contributed by atoms with van der Waals surface area (Å²) in [5.41, 5.74) is 0.381. The maximum Gasteiger partial charge on any atom is 0.306 e. The fraction of sp³-hybridized carbons (Fsp3) is 0.917. The normalized spacial score (nSPS) is 41.5. The van der Waals surface area contributed by atoms with Gasteiger partial charge in [-0.1, -0.05) is 0 Å². The number of hydrogen-bond acceptors (Lipinski definition) is 2. The molecule has 3 nitrogen and oxygen atoms in total. The van der Waals surface area contributed by atoms with Crippen LogP contribution in [0.2, 0.25) is 0 Å². The Morgan fingerprint density at radius 3 is 2.67 bits per heavy atom. The van der Waals surface area contributed by atoms with E-state index in [9.17, 15) is 4.79 Å². The molecule has 1 aliphatic heterocycles. The summed E-state index contributed by atoms with van der Waals surface area (Å²) in [7, 11) is 0. The maximum absolute atomic E-state index is 11.0. The molecule has 0 amide bonds. The third-order valence-corrected chi connectivity index (χ3v) is 4.58. The summed E-state index contributed by atoms with van der Waals surface area (Å²) >= 11 is 0. The second kappa shape index (κ2) is 3.21. The monoisotopic (exact) mass is 209 g/mol. The quantitative estimate of drug-likeness (QED) is 0.753. The molecule has 15 heavy (non-hydrogen) atoms. The Labute approximate surface area is 90.5 Å². The highest BCUT2D eigenvalue weighted by Gasteiger charge is 2.48. The SMILES string of the molecule is O=C(O)[C@@H]1CC[C@@]2(CCN(C3CC3)C2)C1. The zero-order valence-corrected chi connectivity index (χ0v) is 9.11. The average Bonchev–Trinajstić information content (AvgIpc) is 2.85. The van der Waals surface area contributed by atoms with Crippen molar-refractivity contribution in [1.29, 1.82) is 0 Å². The molecule has 3 rings (SSSR count). The van der Waals surface area contributed by atoms with Crippen LogP contribution in [0.4, 0.5) is 0 Å². The summed E-state index contributed by atoms with van der Waals surface area (Å²) in [6.45, 7) is 2.40. The molecule has 1 N–H and O–H groups in total. The van der Waals surface area contributed by atoms with Crippen LogP contribution in [0.15, 0.2) is 0 Å². The van der Waals surface area contributed by atoms with Crippen LogP contribution in [0, 0.1) is 11.3 Å². The topological polar surface area (TPSA) is 40.5 Å². The van der Waals surface area contributed by atoms with Gasteiger partial charge in [0.15, 0.2) is 0 Å². The van der Waals surface area contributed by atoms with Gasteiger partial charge < -0.3 is 5.11 Å². The molecule has 1 saturated heterocycles. The first-order chi connectivity index (χ1) is 7.19. The zero-order chi connectivity index (χ0) is 10.5. The summed E-state index contributed by atoms with van der Waals surface area (Å²) in [5.74, 6) is -0.624. The van der Waals surface area contributed by atoms with Crippen molar-refractivity contribution < 1.29 is 9.90 Å². The van der Waals surface area contributed by atoms with Crippen molar-refractivity contribution in [2.24, 2.45) is 11.3 Å². The Kier molecular flexibility index (Phi) is 2.06. The molecule has 84 valence electrons. The third-order valence-electron chi connectivity index (χ3n) is 4.58. The molecule has 0 aromatic rings. The molecular weight excluding hydrogens is 190 g/mol. The molecule has 3 aliphatic rings. The zero-order valence-electron chi connectivity index (χ0n) is 9.11. The Balaban J connectivity index is 1.64. The van der Waals surface area contributed by atoms with Crippen LogP contribution in [-0.2, 0) is 4.79 Å². The first-order valence-corrected chi connectivity index (χ1v) is 6.15. The number of aliphatic carboxylic acids is 1. The van der Waals surface area contributed by atoms with E-state index >= 15 is 0 Å². The lowest BCUT2D eigenvalue weighted by atomic mass is 9.84. The Bertz CT molecular complexity index is 287. The number of hydrogen-bond donors (Lipinski definition) is 1. The lowest BCUT2D eigenvalue weighted by molar-refractivity contribution is -0.141. The van der Waals surface area contributed by atoms with Crippen molar-refractivity contribution in [1.82, 2.24) is 4.90 Å². The second-order valence-corrected chi connectivity index (χ2v) is 5.73. The van der Waals surface area contributed by atoms with Crippen molar-refractivity contribution >= 4 is 5.97 Å². The highest BCUT2D eigenvalue weighted by Crippen LogP contribution is 2.50. The average molecular weight is 209 g/mol. The smallest absolute Gasteiger partial charge is 0.306 e. The van der Waals surface area contributed by atoms with Gasteiger partial charge in [0.05, 0.1) is 5.92 Å². The lowest BCUT2D eigenvalue weighted by Crippen LogP contribution is -2.27. The van der Waals surface area contributed by atoms with Gasteiger partial charge in [0.1, 0.15) is 0 Å². The molecule has 0 bridgehead atoms. The number of rotatable bonds is 2. The van der Waals surface area contributed by atoms with Crippen LogP contribution in [0.25, 0.3) is 0 Å². The molecule has 0 radical (unpaired) electrons. The summed E-state index contributed by atoms with van der Waals surface area (Å²) in [6, 6.07) is 0.855. The number of nitrogens with zero attached hydrogens (tertiary/aromatic N) is 1. The largest absolute Gasteiger partial charge is 0.481 e. The summed E-state index contributed by atoms with van der Waals surface area (Å²) in [4.78, 5) is 13.6. The summed E-state index contributed by atoms with van der Waals surface area (Å²) < 4.78 is 0. The molecular formula is C12H19NO2. The van der Waals surface area contributed by atoms with Crippen LogP contribution in [0.3, 0.4) is 0 Å². The van der Waals surface area contributed by atoms with Gasteiger partial charge in [-0.2, -0.15) is 0 Å². The standard InChI is InChI=1S/C12H19NO2/c14-11(15)9-3-4-12(7-9)5-6-13(8-12)10-1-2-10/h9-10H,1-8H2,(H,14,15)/t9-,12-/m1/s1. The highest BCUT2D eigenvalue weighted by atomic mass is 16.4. The minimum atomic E-state index is -0.572.